The molecule has 0 saturated heterocycles. The number of hydrogen-bond acceptors (Lipinski definition) is 3. The van der Waals surface area contributed by atoms with E-state index in [1.54, 1.807) is 6.20 Å². The number of thiocarbonyl (C=S) groups is 1. The molecule has 1 aliphatic rings. The van der Waals surface area contributed by atoms with E-state index in [1.165, 1.54) is 0 Å². The maximum Gasteiger partial charge on any atom is 0.0754 e. The van der Waals surface area contributed by atoms with Crippen LogP contribution in [0.5, 0.6) is 0 Å². The molecule has 1 rings (SSSR count). The van der Waals surface area contributed by atoms with Crippen molar-refractivity contribution < 1.29 is 0 Å². The molecule has 0 fully saturated rings. The summed E-state index contributed by atoms with van der Waals surface area (Å²) >= 11 is 4.44. The largest absolute Gasteiger partial charge is 0.368 e. The topological polar surface area (TPSA) is 24.4 Å². The van der Waals surface area contributed by atoms with Crippen LogP contribution in [0.25, 0.3) is 0 Å². The lowest BCUT2D eigenvalue weighted by molar-refractivity contribution is 1.20. The van der Waals surface area contributed by atoms with E-state index < -0.39 is 0 Å². The zero-order valence-electron chi connectivity index (χ0n) is 5.24. The Morgan fingerprint density at radius 1 is 1.50 bits per heavy atom. The third kappa shape index (κ3) is 1.97. The van der Waals surface area contributed by atoms with Gasteiger partial charge in [0.05, 0.1) is 10.9 Å². The van der Waals surface area contributed by atoms with Crippen LogP contribution in [-0.2, 0) is 0 Å². The van der Waals surface area contributed by atoms with Crippen LogP contribution >= 0.6 is 12.2 Å². The standard InChI is InChI=1S/C7H6N2S/c10-6-9-7-2-1-4-8-5-3-7/h1-5,8H. The molecule has 0 spiro atoms. The van der Waals surface area contributed by atoms with Gasteiger partial charge in [-0.3, -0.25) is 0 Å². The van der Waals surface area contributed by atoms with Crippen molar-refractivity contribution in [3.8, 4) is 0 Å². The summed E-state index contributed by atoms with van der Waals surface area (Å²) in [5, 5.41) is 5.19. The third-order valence-electron chi connectivity index (χ3n) is 0.984. The Morgan fingerprint density at radius 2 is 2.40 bits per heavy atom. The van der Waals surface area contributed by atoms with Gasteiger partial charge >= 0.3 is 0 Å². The van der Waals surface area contributed by atoms with Crippen LogP contribution < -0.4 is 5.32 Å². The smallest absolute Gasteiger partial charge is 0.0754 e. The number of nitrogens with zero attached hydrogens (tertiary/aromatic N) is 1. The van der Waals surface area contributed by atoms with E-state index in [9.17, 15) is 0 Å². The first kappa shape index (κ1) is 6.93. The number of nitrogens with one attached hydrogen (secondary N) is 1. The molecule has 50 valence electrons. The molecule has 2 nitrogen and oxygen atoms in total. The summed E-state index contributed by atoms with van der Waals surface area (Å²) in [6, 6.07) is 0. The van der Waals surface area contributed by atoms with Crippen molar-refractivity contribution in [1.29, 1.82) is 0 Å². The summed E-state index contributed by atoms with van der Waals surface area (Å²) in [5.41, 5.74) is 0.802. The second-order valence-corrected chi connectivity index (χ2v) is 1.84. The molecule has 0 radical (unpaired) electrons. The van der Waals surface area contributed by atoms with Gasteiger partial charge in [-0.2, -0.15) is 4.99 Å². The van der Waals surface area contributed by atoms with E-state index in [-0.39, 0.29) is 0 Å². The normalized spacial score (nSPS) is 14.6. The molecular weight excluding hydrogens is 144 g/mol. The summed E-state index contributed by atoms with van der Waals surface area (Å²) in [7, 11) is 0. The van der Waals surface area contributed by atoms with Crippen molar-refractivity contribution in [2.24, 2.45) is 4.99 Å². The minimum Gasteiger partial charge on any atom is -0.368 e. The molecule has 1 N–H and O–H groups in total. The van der Waals surface area contributed by atoms with Crippen molar-refractivity contribution in [2.45, 2.75) is 0 Å². The van der Waals surface area contributed by atoms with E-state index >= 15 is 0 Å². The summed E-state index contributed by atoms with van der Waals surface area (Å²) in [6.45, 7) is 0. The SMILES string of the molecule is S=C=NC1=CC=CNC=C1. The molecule has 10 heavy (non-hydrogen) atoms. The van der Waals surface area contributed by atoms with Gasteiger partial charge < -0.3 is 5.32 Å². The van der Waals surface area contributed by atoms with Gasteiger partial charge in [0.1, 0.15) is 0 Å². The molecule has 0 unspecified atom stereocenters. The Morgan fingerprint density at radius 3 is 3.20 bits per heavy atom. The monoisotopic (exact) mass is 150 g/mol. The highest BCUT2D eigenvalue weighted by atomic mass is 32.1. The zero-order chi connectivity index (χ0) is 7.23. The highest BCUT2D eigenvalue weighted by molar-refractivity contribution is 7.78. The van der Waals surface area contributed by atoms with Crippen molar-refractivity contribution in [3.05, 3.63) is 36.3 Å². The fraction of sp³-hybridized carbons (Fsp3) is 0. The number of rotatable bonds is 1. The zero-order valence-corrected chi connectivity index (χ0v) is 6.06. The van der Waals surface area contributed by atoms with Crippen molar-refractivity contribution in [2.75, 3.05) is 0 Å². The van der Waals surface area contributed by atoms with Gasteiger partial charge in [0.15, 0.2) is 0 Å². The molecule has 0 aromatic carbocycles. The van der Waals surface area contributed by atoms with Crippen molar-refractivity contribution >= 4 is 17.4 Å². The van der Waals surface area contributed by atoms with Crippen LogP contribution in [0.3, 0.4) is 0 Å². The second-order valence-electron chi connectivity index (χ2n) is 1.65. The van der Waals surface area contributed by atoms with Gasteiger partial charge in [-0.15, -0.1) is 0 Å². The first-order chi connectivity index (χ1) is 4.93. The molecule has 1 aliphatic heterocycles. The van der Waals surface area contributed by atoms with Crippen LogP contribution in [-0.4, -0.2) is 5.16 Å². The quantitative estimate of drug-likeness (QED) is 0.453. The van der Waals surface area contributed by atoms with E-state index in [4.69, 9.17) is 0 Å². The van der Waals surface area contributed by atoms with Crippen molar-refractivity contribution in [3.63, 3.8) is 0 Å². The molecule has 0 atom stereocenters. The summed E-state index contributed by atoms with van der Waals surface area (Å²) < 4.78 is 0. The highest BCUT2D eigenvalue weighted by Gasteiger charge is 1.85. The fourth-order valence-corrected chi connectivity index (χ4v) is 0.680. The Labute approximate surface area is 64.7 Å². The minimum atomic E-state index is 0.802. The molecule has 0 amide bonds. The van der Waals surface area contributed by atoms with E-state index in [2.05, 4.69) is 27.7 Å². The lowest BCUT2D eigenvalue weighted by atomic mass is 10.4. The predicted octanol–water partition coefficient (Wildman–Crippen LogP) is 1.60. The molecule has 3 heteroatoms. The molecule has 0 aliphatic carbocycles. The summed E-state index contributed by atoms with van der Waals surface area (Å²) in [4.78, 5) is 3.79. The van der Waals surface area contributed by atoms with Gasteiger partial charge in [-0.25, -0.2) is 0 Å². The average Bonchev–Trinajstić information content (AvgIpc) is 2.17. The molecule has 0 aromatic rings. The third-order valence-corrected chi connectivity index (χ3v) is 1.08. The first-order valence-electron chi connectivity index (χ1n) is 2.81. The molecule has 1 heterocycles. The Hall–Kier alpha value is -1.18. The van der Waals surface area contributed by atoms with Gasteiger partial charge in [0, 0.05) is 12.4 Å². The van der Waals surface area contributed by atoms with Gasteiger partial charge in [0.2, 0.25) is 0 Å². The van der Waals surface area contributed by atoms with E-state index in [0.29, 0.717) is 0 Å². The van der Waals surface area contributed by atoms with Gasteiger partial charge in [0.25, 0.3) is 0 Å². The fourth-order valence-electron chi connectivity index (χ4n) is 0.574. The maximum atomic E-state index is 4.44. The maximum absolute atomic E-state index is 4.44. The van der Waals surface area contributed by atoms with E-state index in [1.807, 2.05) is 24.4 Å². The Kier molecular flexibility index (Phi) is 2.62. The number of hydrogen-bond donors (Lipinski definition) is 1. The van der Waals surface area contributed by atoms with E-state index in [0.717, 1.165) is 5.70 Å². The second kappa shape index (κ2) is 3.77. The molecule has 0 aromatic heterocycles. The lowest BCUT2D eigenvalue weighted by Gasteiger charge is -1.83. The van der Waals surface area contributed by atoms with Crippen molar-refractivity contribution in [1.82, 2.24) is 5.32 Å². The van der Waals surface area contributed by atoms with Gasteiger partial charge in [-0.1, -0.05) is 0 Å². The van der Waals surface area contributed by atoms with Gasteiger partial charge in [-0.05, 0) is 30.4 Å². The summed E-state index contributed by atoms with van der Waals surface area (Å²) in [6.07, 6.45) is 9.11. The Balaban J connectivity index is 2.82. The Bertz CT molecular complexity index is 244. The number of allylic oxidation sites excluding steroid dienone is 3. The first-order valence-corrected chi connectivity index (χ1v) is 3.21. The lowest BCUT2D eigenvalue weighted by Crippen LogP contribution is -1.87. The number of aliphatic imine (C=N–C) groups is 1. The number of isothiocyanates is 1. The predicted molar refractivity (Wildman–Crippen MR) is 44.5 cm³/mol. The minimum absolute atomic E-state index is 0.802. The van der Waals surface area contributed by atoms with Crippen LogP contribution in [0, 0.1) is 0 Å². The van der Waals surface area contributed by atoms with Crippen LogP contribution in [0.2, 0.25) is 0 Å². The van der Waals surface area contributed by atoms with Crippen LogP contribution in [0.4, 0.5) is 0 Å². The highest BCUT2D eigenvalue weighted by Crippen LogP contribution is 1.99. The van der Waals surface area contributed by atoms with Crippen LogP contribution in [0.15, 0.2) is 41.3 Å². The average molecular weight is 150 g/mol. The molecule has 0 saturated carbocycles. The molecule has 0 bridgehead atoms. The van der Waals surface area contributed by atoms with Crippen LogP contribution in [0.1, 0.15) is 0 Å². The molecular formula is C7H6N2S. The summed E-state index contributed by atoms with van der Waals surface area (Å²) in [5.74, 6) is 0.